The summed E-state index contributed by atoms with van der Waals surface area (Å²) in [5, 5.41) is 8.74. The molecule has 1 aromatic heterocycles. The molecule has 112 valence electrons. The van der Waals surface area contributed by atoms with E-state index >= 15 is 0 Å². The summed E-state index contributed by atoms with van der Waals surface area (Å²) in [6.07, 6.45) is 2.26. The van der Waals surface area contributed by atoms with Gasteiger partial charge in [0, 0.05) is 17.5 Å². The summed E-state index contributed by atoms with van der Waals surface area (Å²) in [5.41, 5.74) is 1.25. The minimum absolute atomic E-state index is 0. The molecule has 2 N–H and O–H groups in total. The average molecular weight is 333 g/mol. The van der Waals surface area contributed by atoms with E-state index in [4.69, 9.17) is 0 Å². The highest BCUT2D eigenvalue weighted by Crippen LogP contribution is 2.39. The van der Waals surface area contributed by atoms with Crippen LogP contribution < -0.4 is 10.6 Å². The van der Waals surface area contributed by atoms with E-state index in [0.717, 1.165) is 31.7 Å². The Morgan fingerprint density at radius 3 is 3.15 bits per heavy atom. The van der Waals surface area contributed by atoms with Gasteiger partial charge in [0.15, 0.2) is 0 Å². The van der Waals surface area contributed by atoms with Crippen molar-refractivity contribution in [3.05, 3.63) is 21.9 Å². The summed E-state index contributed by atoms with van der Waals surface area (Å²) in [7, 11) is 0. The zero-order chi connectivity index (χ0) is 13.2. The quantitative estimate of drug-likeness (QED) is 0.874. The van der Waals surface area contributed by atoms with Crippen LogP contribution in [0.2, 0.25) is 0 Å². The number of fused-ring (bicyclic) bond motifs is 1. The van der Waals surface area contributed by atoms with E-state index in [1.807, 2.05) is 0 Å². The highest BCUT2D eigenvalue weighted by molar-refractivity contribution is 8.00. The predicted octanol–water partition coefficient (Wildman–Crippen LogP) is 2.61. The summed E-state index contributed by atoms with van der Waals surface area (Å²) in [6.45, 7) is 4.21. The third-order valence-electron chi connectivity index (χ3n) is 4.07. The number of halogens is 1. The fraction of sp³-hybridized carbons (Fsp3) is 0.643. The van der Waals surface area contributed by atoms with Crippen LogP contribution in [0.3, 0.4) is 0 Å². The van der Waals surface area contributed by atoms with Gasteiger partial charge in [0.1, 0.15) is 5.25 Å². The Bertz CT molecular complexity index is 466. The van der Waals surface area contributed by atoms with Crippen LogP contribution >= 0.6 is 35.5 Å². The Kier molecular flexibility index (Phi) is 5.78. The number of carbonyl (C=O) groups is 1. The van der Waals surface area contributed by atoms with Gasteiger partial charge in [-0.2, -0.15) is 0 Å². The van der Waals surface area contributed by atoms with Crippen LogP contribution in [0.15, 0.2) is 11.4 Å². The second-order valence-corrected chi connectivity index (χ2v) is 7.60. The molecular formula is C14H21ClN2OS2. The summed E-state index contributed by atoms with van der Waals surface area (Å²) in [5.74, 6) is 1.83. The molecule has 0 bridgehead atoms. The van der Waals surface area contributed by atoms with Gasteiger partial charge in [-0.05, 0) is 48.1 Å². The van der Waals surface area contributed by atoms with Crippen molar-refractivity contribution in [1.29, 1.82) is 0 Å². The molecule has 2 aliphatic rings. The van der Waals surface area contributed by atoms with Crippen molar-refractivity contribution in [2.75, 3.05) is 18.8 Å². The molecule has 3 heterocycles. The molecule has 6 heteroatoms. The molecule has 1 amide bonds. The van der Waals surface area contributed by atoms with Crippen molar-refractivity contribution >= 4 is 41.4 Å². The number of thiophene rings is 1. The molecule has 0 aliphatic carbocycles. The van der Waals surface area contributed by atoms with Crippen molar-refractivity contribution in [2.45, 2.75) is 31.1 Å². The van der Waals surface area contributed by atoms with Gasteiger partial charge in [0.05, 0.1) is 0 Å². The molecule has 1 fully saturated rings. The first-order valence-corrected chi connectivity index (χ1v) is 8.87. The summed E-state index contributed by atoms with van der Waals surface area (Å²) < 4.78 is 0. The number of hydrogen-bond donors (Lipinski definition) is 2. The van der Waals surface area contributed by atoms with E-state index in [1.54, 1.807) is 23.1 Å². The molecule has 20 heavy (non-hydrogen) atoms. The first-order chi connectivity index (χ1) is 9.25. The van der Waals surface area contributed by atoms with E-state index in [0.29, 0.717) is 5.92 Å². The lowest BCUT2D eigenvalue weighted by Crippen LogP contribution is -2.51. The van der Waals surface area contributed by atoms with Crippen LogP contribution in [0.5, 0.6) is 0 Å². The lowest BCUT2D eigenvalue weighted by Gasteiger charge is -2.32. The van der Waals surface area contributed by atoms with Gasteiger partial charge >= 0.3 is 0 Å². The first-order valence-electron chi connectivity index (χ1n) is 6.94. The molecule has 0 aromatic carbocycles. The van der Waals surface area contributed by atoms with Crippen molar-refractivity contribution < 1.29 is 4.79 Å². The molecular weight excluding hydrogens is 312 g/mol. The lowest BCUT2D eigenvalue weighted by molar-refractivity contribution is -0.121. The zero-order valence-electron chi connectivity index (χ0n) is 11.6. The summed E-state index contributed by atoms with van der Waals surface area (Å²) in [6, 6.07) is 2.41. The Morgan fingerprint density at radius 2 is 2.35 bits per heavy atom. The monoisotopic (exact) mass is 332 g/mol. The number of thioether (sulfide) groups is 1. The molecule has 0 saturated carbocycles. The molecule has 1 aromatic rings. The third-order valence-corrected chi connectivity index (χ3v) is 6.31. The maximum absolute atomic E-state index is 12.5. The zero-order valence-corrected chi connectivity index (χ0v) is 14.0. The number of nitrogens with one attached hydrogen (secondary N) is 2. The van der Waals surface area contributed by atoms with Crippen molar-refractivity contribution in [1.82, 2.24) is 10.6 Å². The first kappa shape index (κ1) is 16.1. The maximum atomic E-state index is 12.5. The molecule has 3 nitrogen and oxygen atoms in total. The average Bonchev–Trinajstić information content (AvgIpc) is 2.89. The number of aryl methyl sites for hydroxylation is 1. The molecule has 3 unspecified atom stereocenters. The van der Waals surface area contributed by atoms with Gasteiger partial charge in [-0.1, -0.05) is 6.92 Å². The second-order valence-electron chi connectivity index (χ2n) is 5.39. The van der Waals surface area contributed by atoms with Gasteiger partial charge in [-0.3, -0.25) is 4.79 Å². The van der Waals surface area contributed by atoms with Crippen molar-refractivity contribution in [3.63, 3.8) is 0 Å². The predicted molar refractivity (Wildman–Crippen MR) is 89.1 cm³/mol. The highest BCUT2D eigenvalue weighted by Gasteiger charge is 2.31. The number of amides is 1. The van der Waals surface area contributed by atoms with Crippen LogP contribution in [-0.2, 0) is 11.2 Å². The Balaban J connectivity index is 0.00000147. The Morgan fingerprint density at radius 1 is 1.50 bits per heavy atom. The third kappa shape index (κ3) is 3.32. The fourth-order valence-corrected chi connectivity index (χ4v) is 5.11. The van der Waals surface area contributed by atoms with Gasteiger partial charge in [0.25, 0.3) is 0 Å². The van der Waals surface area contributed by atoms with E-state index in [2.05, 4.69) is 29.0 Å². The minimum Gasteiger partial charge on any atom is -0.351 e. The molecule has 3 atom stereocenters. The number of piperidine rings is 1. The van der Waals surface area contributed by atoms with Gasteiger partial charge in [-0.25, -0.2) is 0 Å². The number of hydrogen-bond acceptors (Lipinski definition) is 4. The van der Waals surface area contributed by atoms with Gasteiger partial charge in [0.2, 0.25) is 5.91 Å². The SMILES string of the molecule is CC1CCNCC1NC(=O)C1SCCc2sccc21.Cl. The smallest absolute Gasteiger partial charge is 0.237 e. The molecule has 2 aliphatic heterocycles. The maximum Gasteiger partial charge on any atom is 0.237 e. The number of carbonyl (C=O) groups excluding carboxylic acids is 1. The minimum atomic E-state index is 0. The molecule has 3 rings (SSSR count). The van der Waals surface area contributed by atoms with E-state index in [9.17, 15) is 4.79 Å². The summed E-state index contributed by atoms with van der Waals surface area (Å²) >= 11 is 3.57. The largest absolute Gasteiger partial charge is 0.351 e. The topological polar surface area (TPSA) is 41.1 Å². The molecule has 0 spiro atoms. The molecule has 0 radical (unpaired) electrons. The second kappa shape index (κ2) is 7.16. The van der Waals surface area contributed by atoms with Crippen LogP contribution in [-0.4, -0.2) is 30.8 Å². The van der Waals surface area contributed by atoms with Crippen LogP contribution in [0.25, 0.3) is 0 Å². The van der Waals surface area contributed by atoms with E-state index in [-0.39, 0.29) is 29.6 Å². The van der Waals surface area contributed by atoms with E-state index in [1.165, 1.54) is 10.4 Å². The molecule has 1 saturated heterocycles. The van der Waals surface area contributed by atoms with Gasteiger partial charge < -0.3 is 10.6 Å². The Hall–Kier alpha value is -0.230. The highest BCUT2D eigenvalue weighted by atomic mass is 35.5. The van der Waals surface area contributed by atoms with Crippen LogP contribution in [0.4, 0.5) is 0 Å². The number of rotatable bonds is 2. The summed E-state index contributed by atoms with van der Waals surface area (Å²) in [4.78, 5) is 13.9. The van der Waals surface area contributed by atoms with E-state index < -0.39 is 0 Å². The standard InChI is InChI=1S/C14H20N2OS2.ClH/c1-9-2-5-15-8-11(9)16-14(17)13-10-3-6-18-12(10)4-7-19-13;/h3,6,9,11,13,15H,2,4-5,7-8H2,1H3,(H,16,17);1H. The fourth-order valence-electron chi connectivity index (χ4n) is 2.80. The lowest BCUT2D eigenvalue weighted by atomic mass is 9.94. The van der Waals surface area contributed by atoms with Crippen LogP contribution in [0.1, 0.15) is 29.0 Å². The Labute approximate surface area is 134 Å². The van der Waals surface area contributed by atoms with Crippen molar-refractivity contribution in [2.24, 2.45) is 5.92 Å². The van der Waals surface area contributed by atoms with Crippen LogP contribution in [0, 0.1) is 5.92 Å². The van der Waals surface area contributed by atoms with Gasteiger partial charge in [-0.15, -0.1) is 35.5 Å². The normalized spacial score (nSPS) is 29.1. The van der Waals surface area contributed by atoms with Crippen molar-refractivity contribution in [3.8, 4) is 0 Å².